The highest BCUT2D eigenvalue weighted by atomic mass is 32.2. The fourth-order valence-corrected chi connectivity index (χ4v) is 4.28. The zero-order valence-corrected chi connectivity index (χ0v) is 14.5. The molecule has 1 fully saturated rings. The van der Waals surface area contributed by atoms with Gasteiger partial charge in [-0.25, -0.2) is 0 Å². The molecule has 0 aromatic heterocycles. The molecule has 1 atom stereocenters. The maximum Gasteiger partial charge on any atom is 0.123 e. The molecular formula is C18H29NOS. The van der Waals surface area contributed by atoms with E-state index >= 15 is 0 Å². The van der Waals surface area contributed by atoms with Gasteiger partial charge in [-0.05, 0) is 62.6 Å². The minimum absolute atomic E-state index is 0.424. The molecule has 1 aromatic carbocycles. The third kappa shape index (κ3) is 4.93. The number of benzene rings is 1. The van der Waals surface area contributed by atoms with Crippen molar-refractivity contribution in [3.8, 4) is 5.75 Å². The maximum absolute atomic E-state index is 5.61. The number of hydrogen-bond acceptors (Lipinski definition) is 3. The Morgan fingerprint density at radius 3 is 2.76 bits per heavy atom. The molecule has 0 saturated carbocycles. The van der Waals surface area contributed by atoms with Crippen molar-refractivity contribution in [3.63, 3.8) is 0 Å². The second kappa shape index (κ2) is 8.70. The molecule has 3 heteroatoms. The number of methoxy groups -OCH3 is 1. The summed E-state index contributed by atoms with van der Waals surface area (Å²) < 4.78 is 5.61. The van der Waals surface area contributed by atoms with Crippen LogP contribution in [-0.4, -0.2) is 25.2 Å². The Labute approximate surface area is 134 Å². The smallest absolute Gasteiger partial charge is 0.123 e. The average molecular weight is 308 g/mol. The van der Waals surface area contributed by atoms with Crippen LogP contribution in [0.5, 0.6) is 5.75 Å². The van der Waals surface area contributed by atoms with Gasteiger partial charge in [-0.15, -0.1) is 0 Å². The molecule has 0 bridgehead atoms. The summed E-state index contributed by atoms with van der Waals surface area (Å²) >= 11 is 2.10. The van der Waals surface area contributed by atoms with Gasteiger partial charge in [0.05, 0.1) is 7.11 Å². The van der Waals surface area contributed by atoms with Gasteiger partial charge in [-0.2, -0.15) is 11.8 Å². The molecule has 0 amide bonds. The zero-order chi connectivity index (χ0) is 15.1. The molecule has 1 heterocycles. The van der Waals surface area contributed by atoms with Gasteiger partial charge in [-0.3, -0.25) is 0 Å². The van der Waals surface area contributed by atoms with Crippen molar-refractivity contribution in [1.29, 1.82) is 0 Å². The predicted molar refractivity (Wildman–Crippen MR) is 93.4 cm³/mol. The molecule has 1 aliphatic heterocycles. The van der Waals surface area contributed by atoms with Crippen LogP contribution in [0.3, 0.4) is 0 Å². The fourth-order valence-electron chi connectivity index (χ4n) is 3.08. The van der Waals surface area contributed by atoms with Crippen molar-refractivity contribution in [2.45, 2.75) is 45.6 Å². The third-order valence-corrected chi connectivity index (χ3v) is 5.36. The van der Waals surface area contributed by atoms with Crippen molar-refractivity contribution in [1.82, 2.24) is 5.32 Å². The molecule has 0 spiro atoms. The Morgan fingerprint density at radius 1 is 1.33 bits per heavy atom. The van der Waals surface area contributed by atoms with E-state index in [1.165, 1.54) is 48.3 Å². The van der Waals surface area contributed by atoms with Crippen LogP contribution in [0, 0.1) is 12.8 Å². The first-order valence-corrected chi connectivity index (χ1v) is 9.35. The van der Waals surface area contributed by atoms with Crippen LogP contribution in [0.25, 0.3) is 0 Å². The molecule has 118 valence electrons. The van der Waals surface area contributed by atoms with Crippen molar-refractivity contribution < 1.29 is 4.74 Å². The third-order valence-electron chi connectivity index (χ3n) is 4.31. The summed E-state index contributed by atoms with van der Waals surface area (Å²) in [5.41, 5.74) is 2.65. The lowest BCUT2D eigenvalue weighted by Gasteiger charge is -2.28. The van der Waals surface area contributed by atoms with Gasteiger partial charge < -0.3 is 10.1 Å². The van der Waals surface area contributed by atoms with Crippen molar-refractivity contribution in [3.05, 3.63) is 29.3 Å². The number of thioether (sulfide) groups is 1. The summed E-state index contributed by atoms with van der Waals surface area (Å²) in [4.78, 5) is 0. The number of nitrogens with one attached hydrogen (secondary N) is 1. The summed E-state index contributed by atoms with van der Waals surface area (Å²) in [5.74, 6) is 4.54. The van der Waals surface area contributed by atoms with Crippen molar-refractivity contribution in [2.75, 3.05) is 25.2 Å². The normalized spacial score (nSPS) is 17.7. The fraction of sp³-hybridized carbons (Fsp3) is 0.667. The molecule has 21 heavy (non-hydrogen) atoms. The molecule has 2 rings (SSSR count). The van der Waals surface area contributed by atoms with E-state index in [0.717, 1.165) is 18.2 Å². The molecule has 1 saturated heterocycles. The first kappa shape index (κ1) is 16.7. The molecule has 0 aliphatic carbocycles. The lowest BCUT2D eigenvalue weighted by molar-refractivity contribution is 0.352. The van der Waals surface area contributed by atoms with Gasteiger partial charge in [0.1, 0.15) is 5.75 Å². The summed E-state index contributed by atoms with van der Waals surface area (Å²) in [6.07, 6.45) is 5.14. The summed E-state index contributed by atoms with van der Waals surface area (Å²) in [6.45, 7) is 5.47. The summed E-state index contributed by atoms with van der Waals surface area (Å²) in [6, 6.07) is 6.97. The van der Waals surface area contributed by atoms with E-state index in [9.17, 15) is 0 Å². The number of rotatable bonds is 7. The molecule has 2 nitrogen and oxygen atoms in total. The lowest BCUT2D eigenvalue weighted by Crippen LogP contribution is -2.26. The Balaban J connectivity index is 2.15. The van der Waals surface area contributed by atoms with E-state index in [2.05, 4.69) is 49.1 Å². The minimum atomic E-state index is 0.424. The highest BCUT2D eigenvalue weighted by molar-refractivity contribution is 7.99. The van der Waals surface area contributed by atoms with E-state index < -0.39 is 0 Å². The van der Waals surface area contributed by atoms with E-state index in [1.54, 1.807) is 7.11 Å². The molecule has 1 aliphatic rings. The van der Waals surface area contributed by atoms with Crippen LogP contribution in [-0.2, 0) is 0 Å². The Bertz CT molecular complexity index is 429. The highest BCUT2D eigenvalue weighted by Gasteiger charge is 2.22. The largest absolute Gasteiger partial charge is 0.496 e. The van der Waals surface area contributed by atoms with Crippen LogP contribution in [0.4, 0.5) is 0 Å². The van der Waals surface area contributed by atoms with Gasteiger partial charge in [0, 0.05) is 11.6 Å². The molecule has 1 aromatic rings. The van der Waals surface area contributed by atoms with Crippen molar-refractivity contribution in [2.24, 2.45) is 5.92 Å². The number of ether oxygens (including phenoxy) is 1. The minimum Gasteiger partial charge on any atom is -0.496 e. The van der Waals surface area contributed by atoms with Crippen LogP contribution >= 0.6 is 11.8 Å². The first-order chi connectivity index (χ1) is 10.2. The summed E-state index contributed by atoms with van der Waals surface area (Å²) in [7, 11) is 1.78. The van der Waals surface area contributed by atoms with Gasteiger partial charge in [-0.1, -0.05) is 24.6 Å². The van der Waals surface area contributed by atoms with Crippen LogP contribution < -0.4 is 10.1 Å². The molecular weight excluding hydrogens is 278 g/mol. The molecule has 1 unspecified atom stereocenters. The van der Waals surface area contributed by atoms with Gasteiger partial charge in [0.15, 0.2) is 0 Å². The molecule has 0 radical (unpaired) electrons. The van der Waals surface area contributed by atoms with E-state index in [-0.39, 0.29) is 0 Å². The first-order valence-electron chi connectivity index (χ1n) is 8.20. The Kier molecular flexibility index (Phi) is 6.91. The standard InChI is InChI=1S/C18H29NOS/c1-4-9-19-17(13-15-7-10-21-11-8-15)16-12-14(2)5-6-18(16)20-3/h5-6,12,15,17,19H,4,7-11,13H2,1-3H3. The molecule has 1 N–H and O–H groups in total. The van der Waals surface area contributed by atoms with E-state index in [1.807, 2.05) is 0 Å². The van der Waals surface area contributed by atoms with E-state index in [0.29, 0.717) is 6.04 Å². The zero-order valence-electron chi connectivity index (χ0n) is 13.7. The van der Waals surface area contributed by atoms with Gasteiger partial charge >= 0.3 is 0 Å². The topological polar surface area (TPSA) is 21.3 Å². The highest BCUT2D eigenvalue weighted by Crippen LogP contribution is 2.34. The van der Waals surface area contributed by atoms with Crippen LogP contribution in [0.15, 0.2) is 18.2 Å². The Hall–Kier alpha value is -0.670. The monoisotopic (exact) mass is 307 g/mol. The summed E-state index contributed by atoms with van der Waals surface area (Å²) in [5, 5.41) is 3.75. The second-order valence-electron chi connectivity index (χ2n) is 6.04. The quantitative estimate of drug-likeness (QED) is 0.797. The maximum atomic E-state index is 5.61. The van der Waals surface area contributed by atoms with Crippen LogP contribution in [0.2, 0.25) is 0 Å². The van der Waals surface area contributed by atoms with E-state index in [4.69, 9.17) is 4.74 Å². The lowest BCUT2D eigenvalue weighted by atomic mass is 9.89. The number of aryl methyl sites for hydroxylation is 1. The predicted octanol–water partition coefficient (Wildman–Crippen LogP) is 4.58. The van der Waals surface area contributed by atoms with Crippen molar-refractivity contribution >= 4 is 11.8 Å². The van der Waals surface area contributed by atoms with Gasteiger partial charge in [0.2, 0.25) is 0 Å². The number of hydrogen-bond donors (Lipinski definition) is 1. The Morgan fingerprint density at radius 2 is 2.10 bits per heavy atom. The van der Waals surface area contributed by atoms with Gasteiger partial charge in [0.25, 0.3) is 0 Å². The average Bonchev–Trinajstić information content (AvgIpc) is 2.52. The second-order valence-corrected chi connectivity index (χ2v) is 7.27. The van der Waals surface area contributed by atoms with Crippen LogP contribution in [0.1, 0.15) is 49.8 Å². The SMILES string of the molecule is CCCNC(CC1CCSCC1)c1cc(C)ccc1OC.